The number of nitrogens with zero attached hydrogens (tertiary/aromatic N) is 5. The van der Waals surface area contributed by atoms with Gasteiger partial charge in [-0.05, 0) is 37.8 Å². The fourth-order valence-corrected chi connectivity index (χ4v) is 5.83. The highest BCUT2D eigenvalue weighted by Gasteiger charge is 2.41. The monoisotopic (exact) mass is 538 g/mol. The second-order valence-electron chi connectivity index (χ2n) is 9.03. The van der Waals surface area contributed by atoms with Crippen molar-refractivity contribution in [1.82, 2.24) is 24.9 Å². The van der Waals surface area contributed by atoms with Gasteiger partial charge in [0.1, 0.15) is 10.9 Å². The van der Waals surface area contributed by atoms with Gasteiger partial charge in [-0.3, -0.25) is 15.1 Å². The number of hydrogen-bond acceptors (Lipinski definition) is 10. The fraction of sp³-hybridized carbons (Fsp3) is 0.360. The third-order valence-electron chi connectivity index (χ3n) is 6.66. The second kappa shape index (κ2) is 9.90. The zero-order valence-electron chi connectivity index (χ0n) is 20.1. The number of fused-ring (bicyclic) bond motifs is 2. The van der Waals surface area contributed by atoms with Crippen LogP contribution in [0.15, 0.2) is 30.7 Å². The molecule has 2 saturated heterocycles. The smallest absolute Gasteiger partial charge is 0.259 e. The first-order valence-electron chi connectivity index (χ1n) is 11.8. The van der Waals surface area contributed by atoms with Gasteiger partial charge in [-0.2, -0.15) is 4.98 Å². The summed E-state index contributed by atoms with van der Waals surface area (Å²) in [4.78, 5) is 36.1. The van der Waals surface area contributed by atoms with Crippen LogP contribution in [0.2, 0.25) is 5.15 Å². The molecular formula is C25H23ClN6O4S. The Balaban J connectivity index is 1.25. The number of thiazole rings is 1. The minimum absolute atomic E-state index is 0.0868. The van der Waals surface area contributed by atoms with Gasteiger partial charge in [-0.25, -0.2) is 15.0 Å². The molecule has 0 bridgehead atoms. The SMILES string of the molecule is COc1cnc(Cl)cc1-c1cc(C)ncc1C(=O)Nc1nc2ncc(CC3COC4OCCC34)nc2s1. The van der Waals surface area contributed by atoms with E-state index in [0.29, 0.717) is 56.5 Å². The number of anilines is 1. The zero-order valence-corrected chi connectivity index (χ0v) is 21.7. The van der Waals surface area contributed by atoms with E-state index in [1.165, 1.54) is 30.8 Å². The number of halogens is 1. The third kappa shape index (κ3) is 4.75. The number of nitrogens with one attached hydrogen (secondary N) is 1. The summed E-state index contributed by atoms with van der Waals surface area (Å²) in [6.07, 6.45) is 6.49. The number of hydrogen-bond donors (Lipinski definition) is 1. The molecule has 3 atom stereocenters. The molecule has 10 nitrogen and oxygen atoms in total. The predicted molar refractivity (Wildman–Crippen MR) is 138 cm³/mol. The van der Waals surface area contributed by atoms with Crippen LogP contribution < -0.4 is 10.1 Å². The quantitative estimate of drug-likeness (QED) is 0.358. The molecule has 2 aliphatic heterocycles. The molecule has 0 radical (unpaired) electrons. The number of pyridine rings is 2. The molecule has 0 saturated carbocycles. The fourth-order valence-electron chi connectivity index (χ4n) is 4.86. The van der Waals surface area contributed by atoms with E-state index < -0.39 is 0 Å². The Kier molecular flexibility index (Phi) is 6.45. The molecule has 0 aromatic carbocycles. The molecule has 2 fully saturated rings. The van der Waals surface area contributed by atoms with E-state index in [-0.39, 0.29) is 17.4 Å². The number of aromatic nitrogens is 5. The molecule has 12 heteroatoms. The number of carbonyl (C=O) groups is 1. The lowest BCUT2D eigenvalue weighted by molar-refractivity contribution is -0.0905. The standard InChI is InChI=1S/C25H23ClN6O4S/c1-12-5-16(17-7-20(26)28-10-19(17)34-2)18(9-27-12)22(33)32-25-31-21-23(37-25)30-14(8-29-21)6-13-11-36-24-15(13)3-4-35-24/h5,7-10,13,15,24H,3-4,6,11H2,1-2H3,(H,29,31,32,33). The van der Waals surface area contributed by atoms with Gasteiger partial charge < -0.3 is 14.2 Å². The molecule has 3 unspecified atom stereocenters. The molecule has 4 aromatic heterocycles. The first-order valence-corrected chi connectivity index (χ1v) is 13.0. The van der Waals surface area contributed by atoms with Crippen LogP contribution >= 0.6 is 22.9 Å². The molecule has 1 N–H and O–H groups in total. The highest BCUT2D eigenvalue weighted by atomic mass is 35.5. The molecule has 6 heterocycles. The number of carbonyl (C=O) groups excluding carboxylic acids is 1. The summed E-state index contributed by atoms with van der Waals surface area (Å²) < 4.78 is 16.8. The van der Waals surface area contributed by atoms with Crippen LogP contribution in [0.5, 0.6) is 5.75 Å². The number of methoxy groups -OCH3 is 1. The molecule has 0 aliphatic carbocycles. The summed E-state index contributed by atoms with van der Waals surface area (Å²) in [5.41, 5.74) is 3.72. The van der Waals surface area contributed by atoms with Crippen LogP contribution in [-0.4, -0.2) is 57.4 Å². The summed E-state index contributed by atoms with van der Waals surface area (Å²) in [6.45, 7) is 3.26. The maximum Gasteiger partial charge on any atom is 0.259 e. The number of aryl methyl sites for hydroxylation is 1. The maximum atomic E-state index is 13.3. The highest BCUT2D eigenvalue weighted by molar-refractivity contribution is 7.21. The number of ether oxygens (including phenoxy) is 3. The summed E-state index contributed by atoms with van der Waals surface area (Å²) in [5.74, 6) is 0.887. The van der Waals surface area contributed by atoms with Crippen LogP contribution in [0.25, 0.3) is 21.6 Å². The van der Waals surface area contributed by atoms with Gasteiger partial charge in [0, 0.05) is 28.9 Å². The van der Waals surface area contributed by atoms with Crippen molar-refractivity contribution in [2.75, 3.05) is 25.6 Å². The second-order valence-corrected chi connectivity index (χ2v) is 10.4. The molecule has 1 amide bonds. The molecule has 4 aromatic rings. The molecule has 6 rings (SSSR count). The van der Waals surface area contributed by atoms with Gasteiger partial charge in [0.15, 0.2) is 21.9 Å². The Morgan fingerprint density at radius 3 is 2.92 bits per heavy atom. The van der Waals surface area contributed by atoms with Crippen molar-refractivity contribution < 1.29 is 19.0 Å². The summed E-state index contributed by atoms with van der Waals surface area (Å²) in [7, 11) is 1.54. The van der Waals surface area contributed by atoms with Gasteiger partial charge >= 0.3 is 0 Å². The van der Waals surface area contributed by atoms with Crippen molar-refractivity contribution in [3.8, 4) is 16.9 Å². The van der Waals surface area contributed by atoms with Crippen LogP contribution in [0.4, 0.5) is 5.13 Å². The molecule has 0 spiro atoms. The lowest BCUT2D eigenvalue weighted by atomic mass is 9.90. The van der Waals surface area contributed by atoms with Gasteiger partial charge in [-0.1, -0.05) is 22.9 Å². The number of amides is 1. The minimum Gasteiger partial charge on any atom is -0.494 e. The van der Waals surface area contributed by atoms with Crippen LogP contribution in [0.3, 0.4) is 0 Å². The van der Waals surface area contributed by atoms with E-state index >= 15 is 0 Å². The van der Waals surface area contributed by atoms with Gasteiger partial charge in [0.25, 0.3) is 5.91 Å². The van der Waals surface area contributed by atoms with E-state index in [2.05, 4.69) is 25.3 Å². The van der Waals surface area contributed by atoms with E-state index in [0.717, 1.165) is 30.8 Å². The molecular weight excluding hydrogens is 516 g/mol. The predicted octanol–water partition coefficient (Wildman–Crippen LogP) is 4.32. The lowest BCUT2D eigenvalue weighted by Gasteiger charge is -2.13. The Morgan fingerprint density at radius 1 is 1.16 bits per heavy atom. The molecule has 37 heavy (non-hydrogen) atoms. The lowest BCUT2D eigenvalue weighted by Crippen LogP contribution is -2.17. The Bertz CT molecular complexity index is 1500. The van der Waals surface area contributed by atoms with Crippen molar-refractivity contribution in [3.05, 3.63) is 52.8 Å². The van der Waals surface area contributed by atoms with Gasteiger partial charge in [0.2, 0.25) is 0 Å². The largest absolute Gasteiger partial charge is 0.494 e. The Morgan fingerprint density at radius 2 is 2.05 bits per heavy atom. The van der Waals surface area contributed by atoms with E-state index in [9.17, 15) is 4.79 Å². The topological polar surface area (TPSA) is 121 Å². The van der Waals surface area contributed by atoms with Crippen molar-refractivity contribution in [3.63, 3.8) is 0 Å². The zero-order chi connectivity index (χ0) is 25.5. The molecule has 190 valence electrons. The normalized spacial score (nSPS) is 20.8. The average molecular weight is 539 g/mol. The van der Waals surface area contributed by atoms with Crippen molar-refractivity contribution in [2.24, 2.45) is 11.8 Å². The van der Waals surface area contributed by atoms with E-state index in [4.69, 9.17) is 30.8 Å². The Labute approximate surface area is 221 Å². The maximum absolute atomic E-state index is 13.3. The summed E-state index contributed by atoms with van der Waals surface area (Å²) in [5, 5.41) is 3.56. The number of rotatable bonds is 6. The summed E-state index contributed by atoms with van der Waals surface area (Å²) in [6, 6.07) is 3.47. The van der Waals surface area contributed by atoms with Crippen LogP contribution in [-0.2, 0) is 15.9 Å². The summed E-state index contributed by atoms with van der Waals surface area (Å²) >= 11 is 7.42. The molecule has 2 aliphatic rings. The average Bonchev–Trinajstić information content (AvgIpc) is 3.60. The van der Waals surface area contributed by atoms with Crippen LogP contribution in [0.1, 0.15) is 28.2 Å². The third-order valence-corrected chi connectivity index (χ3v) is 7.72. The highest BCUT2D eigenvalue weighted by Crippen LogP contribution is 2.38. The van der Waals surface area contributed by atoms with Crippen molar-refractivity contribution >= 4 is 44.5 Å². The van der Waals surface area contributed by atoms with E-state index in [1.807, 2.05) is 13.0 Å². The minimum atomic E-state index is -0.368. The van der Waals surface area contributed by atoms with Gasteiger partial charge in [-0.15, -0.1) is 0 Å². The first-order chi connectivity index (χ1) is 18.0. The van der Waals surface area contributed by atoms with Crippen molar-refractivity contribution in [2.45, 2.75) is 26.1 Å². The van der Waals surface area contributed by atoms with Crippen molar-refractivity contribution in [1.29, 1.82) is 0 Å². The van der Waals surface area contributed by atoms with Gasteiger partial charge in [0.05, 0.1) is 44.0 Å². The first kappa shape index (κ1) is 24.1. The van der Waals surface area contributed by atoms with Crippen LogP contribution in [0, 0.1) is 18.8 Å². The van der Waals surface area contributed by atoms with E-state index in [1.54, 1.807) is 12.3 Å². The Hall–Kier alpha value is -3.25.